The zero-order valence-corrected chi connectivity index (χ0v) is 32.4. The molecule has 0 aliphatic carbocycles. The fourth-order valence-electron chi connectivity index (χ4n) is 5.12. The molecule has 2 N–H and O–H groups in total. The Morgan fingerprint density at radius 2 is 0.762 bits per heavy atom. The third-order valence-corrected chi connectivity index (χ3v) is 8.26. The molecule has 42 heavy (non-hydrogen) atoms. The first-order valence-corrected chi connectivity index (χ1v) is 19.2. The van der Waals surface area contributed by atoms with Gasteiger partial charge in [-0.1, -0.05) is 187 Å². The van der Waals surface area contributed by atoms with Crippen LogP contribution in [0.3, 0.4) is 0 Å². The van der Waals surface area contributed by atoms with Gasteiger partial charge in [-0.05, 0) is 12.8 Å². The van der Waals surface area contributed by atoms with Gasteiger partial charge in [-0.15, -0.1) is 0 Å². The summed E-state index contributed by atoms with van der Waals surface area (Å²) >= 11 is 0. The van der Waals surface area contributed by atoms with Gasteiger partial charge in [-0.25, -0.2) is 0 Å². The van der Waals surface area contributed by atoms with Gasteiger partial charge in [0.1, 0.15) is 0 Å². The van der Waals surface area contributed by atoms with Crippen LogP contribution in [-0.2, 0) is 13.9 Å². The summed E-state index contributed by atoms with van der Waals surface area (Å²) in [6.07, 6.45) is 37.8. The molecule has 0 aliphatic heterocycles. The smallest absolute Gasteiger partial charge is 0.756 e. The Morgan fingerprint density at radius 1 is 0.524 bits per heavy atom. The van der Waals surface area contributed by atoms with Gasteiger partial charge >= 0.3 is 57.4 Å². The molecule has 0 heterocycles. The Morgan fingerprint density at radius 3 is 1.00 bits per heavy atom. The summed E-state index contributed by atoms with van der Waals surface area (Å²) in [4.78, 5) is 29.1. The number of aliphatic carboxylic acids is 1. The second-order valence-electron chi connectivity index (χ2n) is 12.0. The molecule has 0 amide bonds. The minimum Gasteiger partial charge on any atom is -0.756 e. The largest absolute Gasteiger partial charge is 1.00 e. The Hall–Kier alpha value is 1.22. The molecule has 0 saturated heterocycles. The molecule has 0 bridgehead atoms. The molecule has 0 saturated carbocycles. The van der Waals surface area contributed by atoms with Crippen molar-refractivity contribution in [2.45, 2.75) is 206 Å². The number of phosphoric ester groups is 1. The van der Waals surface area contributed by atoms with E-state index in [2.05, 4.69) is 18.4 Å². The van der Waals surface area contributed by atoms with E-state index in [1.165, 1.54) is 154 Å². The van der Waals surface area contributed by atoms with E-state index < -0.39 is 13.8 Å². The van der Waals surface area contributed by atoms with Crippen LogP contribution in [-0.4, -0.2) is 22.6 Å². The van der Waals surface area contributed by atoms with E-state index in [1.807, 2.05) is 0 Å². The van der Waals surface area contributed by atoms with Crippen LogP contribution in [0.25, 0.3) is 0 Å². The van der Waals surface area contributed by atoms with Crippen LogP contribution in [0.15, 0.2) is 0 Å². The van der Waals surface area contributed by atoms with Gasteiger partial charge in [-0.3, -0.25) is 9.36 Å². The SMILES string of the molecule is CCCCCCCCCCCCCCCCCC(=O)O.CCCCCCCCCCCCCCCCOP(=O)([O-])O.[K+]. The van der Waals surface area contributed by atoms with Gasteiger partial charge in [-0.2, -0.15) is 0 Å². The summed E-state index contributed by atoms with van der Waals surface area (Å²) in [5.41, 5.74) is 0. The average molecular weight is 645 g/mol. The quantitative estimate of drug-likeness (QED) is 0.0434. The van der Waals surface area contributed by atoms with Crippen LogP contribution in [0, 0.1) is 0 Å². The zero-order chi connectivity index (χ0) is 30.7. The topological polar surface area (TPSA) is 107 Å². The fraction of sp³-hybridized carbons (Fsp3) is 0.971. The number of unbranched alkanes of at least 4 members (excludes halogenated alkanes) is 27. The van der Waals surface area contributed by atoms with Crippen molar-refractivity contribution in [3.05, 3.63) is 0 Å². The number of carboxylic acid groups (broad SMARTS) is 1. The van der Waals surface area contributed by atoms with Crippen molar-refractivity contribution in [1.82, 2.24) is 0 Å². The molecule has 0 aromatic carbocycles. The maximum absolute atomic E-state index is 10.3. The van der Waals surface area contributed by atoms with E-state index in [0.717, 1.165) is 25.7 Å². The molecule has 248 valence electrons. The summed E-state index contributed by atoms with van der Waals surface area (Å²) in [6, 6.07) is 0. The Bertz CT molecular complexity index is 558. The molecule has 0 aliphatic rings. The fourth-order valence-corrected chi connectivity index (χ4v) is 5.48. The van der Waals surface area contributed by atoms with E-state index >= 15 is 0 Å². The van der Waals surface area contributed by atoms with Crippen LogP contribution in [0.2, 0.25) is 0 Å². The Kier molecular flexibility index (Phi) is 45.6. The van der Waals surface area contributed by atoms with E-state index in [0.29, 0.717) is 12.8 Å². The average Bonchev–Trinajstić information content (AvgIpc) is 2.92. The van der Waals surface area contributed by atoms with E-state index in [4.69, 9.17) is 10.00 Å². The van der Waals surface area contributed by atoms with Gasteiger partial charge < -0.3 is 19.4 Å². The summed E-state index contributed by atoms with van der Waals surface area (Å²) in [6.45, 7) is 4.63. The maximum atomic E-state index is 10.3. The monoisotopic (exact) mass is 644 g/mol. The molecule has 8 heteroatoms. The summed E-state index contributed by atoms with van der Waals surface area (Å²) in [7, 11) is -4.50. The van der Waals surface area contributed by atoms with Crippen LogP contribution in [0.1, 0.15) is 206 Å². The molecule has 0 aromatic rings. The van der Waals surface area contributed by atoms with Crippen molar-refractivity contribution in [2.75, 3.05) is 6.61 Å². The first-order chi connectivity index (χ1) is 19.8. The molecule has 0 spiro atoms. The number of hydrogen-bond donors (Lipinski definition) is 2. The van der Waals surface area contributed by atoms with E-state index in [-0.39, 0.29) is 58.0 Å². The summed E-state index contributed by atoms with van der Waals surface area (Å²) in [5.74, 6) is -0.653. The van der Waals surface area contributed by atoms with Crippen LogP contribution < -0.4 is 56.3 Å². The van der Waals surface area contributed by atoms with Crippen LogP contribution in [0.5, 0.6) is 0 Å². The normalized spacial score (nSPS) is 12.3. The molecule has 0 aromatic heterocycles. The van der Waals surface area contributed by atoms with Gasteiger partial charge in [0.15, 0.2) is 0 Å². The zero-order valence-electron chi connectivity index (χ0n) is 28.4. The van der Waals surface area contributed by atoms with Crippen molar-refractivity contribution >= 4 is 13.8 Å². The molecular formula is C34H70KO6P. The third-order valence-electron chi connectivity index (χ3n) is 7.75. The molecule has 1 atom stereocenters. The minimum absolute atomic E-state index is 0. The summed E-state index contributed by atoms with van der Waals surface area (Å²) in [5, 5.41) is 8.52. The number of phosphoric acid groups is 1. The summed E-state index contributed by atoms with van der Waals surface area (Å²) < 4.78 is 14.6. The number of hydrogen-bond acceptors (Lipinski definition) is 4. The standard InChI is InChI=1S/C18H36O2.C16H35O4P.K/c1-2-3-4-5-6-7-8-9-10-11-12-13-14-15-16-17-18(19)20;1-2-3-4-5-6-7-8-9-10-11-12-13-14-15-16-20-21(17,18)19;/h2-17H2,1H3,(H,19,20);2-16H2,1H3,(H2,17,18,19);/q;;+1/p-1. The molecule has 0 fully saturated rings. The van der Waals surface area contributed by atoms with Gasteiger partial charge in [0, 0.05) is 6.42 Å². The van der Waals surface area contributed by atoms with Crippen molar-refractivity contribution in [3.8, 4) is 0 Å². The maximum Gasteiger partial charge on any atom is 1.00 e. The number of carboxylic acids is 1. The first kappa shape index (κ1) is 47.6. The van der Waals surface area contributed by atoms with Crippen molar-refractivity contribution < 1.29 is 80.2 Å². The number of rotatable bonds is 32. The Balaban J connectivity index is -0.000000708. The predicted octanol–water partition coefficient (Wildman–Crippen LogP) is 8.28. The van der Waals surface area contributed by atoms with Crippen molar-refractivity contribution in [3.63, 3.8) is 0 Å². The van der Waals surface area contributed by atoms with E-state index in [9.17, 15) is 14.3 Å². The second-order valence-corrected chi connectivity index (χ2v) is 13.2. The second kappa shape index (κ2) is 40.2. The molecular weight excluding hydrogens is 574 g/mol. The van der Waals surface area contributed by atoms with Crippen molar-refractivity contribution in [1.29, 1.82) is 0 Å². The molecule has 0 rings (SSSR count). The minimum atomic E-state index is -4.50. The van der Waals surface area contributed by atoms with Crippen LogP contribution in [0.4, 0.5) is 0 Å². The number of carbonyl (C=O) groups is 1. The van der Waals surface area contributed by atoms with Gasteiger partial charge in [0.25, 0.3) is 7.82 Å². The molecule has 1 unspecified atom stereocenters. The predicted molar refractivity (Wildman–Crippen MR) is 173 cm³/mol. The van der Waals surface area contributed by atoms with Crippen LogP contribution >= 0.6 is 7.82 Å². The van der Waals surface area contributed by atoms with Gasteiger partial charge in [0.2, 0.25) is 0 Å². The van der Waals surface area contributed by atoms with Gasteiger partial charge in [0.05, 0.1) is 6.61 Å². The first-order valence-electron chi connectivity index (χ1n) is 17.7. The third kappa shape index (κ3) is 50.8. The molecule has 0 radical (unpaired) electrons. The van der Waals surface area contributed by atoms with Crippen molar-refractivity contribution in [2.24, 2.45) is 0 Å². The Labute approximate surface area is 304 Å². The molecule has 6 nitrogen and oxygen atoms in total. The van der Waals surface area contributed by atoms with E-state index in [1.54, 1.807) is 0 Å².